The average Bonchev–Trinajstić information content (AvgIpc) is 3.16. The Balaban J connectivity index is 1.83. The Labute approximate surface area is 214 Å². The minimum Gasteiger partial charge on any atom is -0.507 e. The second-order valence-corrected chi connectivity index (χ2v) is 8.61. The summed E-state index contributed by atoms with van der Waals surface area (Å²) >= 11 is 6.18. The Kier molecular flexibility index (Phi) is 7.50. The Morgan fingerprint density at radius 1 is 0.917 bits per heavy atom. The van der Waals surface area contributed by atoms with Crippen molar-refractivity contribution in [2.24, 2.45) is 0 Å². The molecule has 0 spiro atoms. The summed E-state index contributed by atoms with van der Waals surface area (Å²) in [6, 6.07) is 18.4. The summed E-state index contributed by atoms with van der Waals surface area (Å²) in [5.74, 6) is -0.329. The predicted octanol–water partition coefficient (Wildman–Crippen LogP) is 5.03. The molecule has 0 aromatic heterocycles. The van der Waals surface area contributed by atoms with Gasteiger partial charge in [0, 0.05) is 17.1 Å². The Hall–Kier alpha value is -3.97. The number of methoxy groups -OCH3 is 3. The van der Waals surface area contributed by atoms with E-state index >= 15 is 0 Å². The highest BCUT2D eigenvalue weighted by atomic mass is 35.5. The topological polar surface area (TPSA) is 85.3 Å². The first-order chi connectivity index (χ1) is 17.4. The molecule has 3 aromatic rings. The number of ketones is 1. The number of amides is 1. The van der Waals surface area contributed by atoms with Gasteiger partial charge in [-0.05, 0) is 48.4 Å². The number of ether oxygens (including phenoxy) is 3. The first-order valence-corrected chi connectivity index (χ1v) is 11.7. The van der Waals surface area contributed by atoms with Crippen molar-refractivity contribution < 1.29 is 28.9 Å². The van der Waals surface area contributed by atoms with Gasteiger partial charge in [0.05, 0.1) is 38.5 Å². The first kappa shape index (κ1) is 25.1. The molecule has 1 aliphatic heterocycles. The highest BCUT2D eigenvalue weighted by molar-refractivity contribution is 6.46. The van der Waals surface area contributed by atoms with Crippen molar-refractivity contribution >= 4 is 29.1 Å². The van der Waals surface area contributed by atoms with Crippen molar-refractivity contribution in [3.05, 3.63) is 94.0 Å². The van der Waals surface area contributed by atoms with E-state index < -0.39 is 17.7 Å². The summed E-state index contributed by atoms with van der Waals surface area (Å²) in [6.07, 6.45) is 0.489. The van der Waals surface area contributed by atoms with Crippen molar-refractivity contribution in [3.8, 4) is 17.2 Å². The molecule has 0 bridgehead atoms. The smallest absolute Gasteiger partial charge is 0.295 e. The largest absolute Gasteiger partial charge is 0.507 e. The third-order valence-corrected chi connectivity index (χ3v) is 6.43. The lowest BCUT2D eigenvalue weighted by Crippen LogP contribution is -2.31. The number of para-hydroxylation sites is 1. The van der Waals surface area contributed by atoms with Crippen molar-refractivity contribution in [2.75, 3.05) is 27.9 Å². The lowest BCUT2D eigenvalue weighted by atomic mass is 9.94. The highest BCUT2D eigenvalue weighted by Crippen LogP contribution is 2.44. The number of hydrogen-bond donors (Lipinski definition) is 1. The molecule has 4 rings (SSSR count). The van der Waals surface area contributed by atoms with Crippen LogP contribution >= 0.6 is 11.6 Å². The quantitative estimate of drug-likeness (QED) is 0.261. The van der Waals surface area contributed by atoms with Crippen molar-refractivity contribution in [2.45, 2.75) is 12.5 Å². The number of carbonyl (C=O) groups excluding carboxylic acids is 2. The third-order valence-electron chi connectivity index (χ3n) is 6.19. The summed E-state index contributed by atoms with van der Waals surface area (Å²) in [5, 5.41) is 11.7. The van der Waals surface area contributed by atoms with Gasteiger partial charge in [0.15, 0.2) is 0 Å². The molecule has 1 aliphatic rings. The fourth-order valence-corrected chi connectivity index (χ4v) is 4.55. The van der Waals surface area contributed by atoms with Gasteiger partial charge in [-0.2, -0.15) is 0 Å². The zero-order valence-corrected chi connectivity index (χ0v) is 20.9. The minimum atomic E-state index is -0.872. The number of nitrogens with zero attached hydrogens (tertiary/aromatic N) is 1. The van der Waals surface area contributed by atoms with Crippen LogP contribution in [0.25, 0.3) is 5.76 Å². The van der Waals surface area contributed by atoms with Gasteiger partial charge in [-0.3, -0.25) is 9.59 Å². The number of rotatable bonds is 8. The molecular weight excluding hydrogens is 482 g/mol. The number of aliphatic hydroxyl groups is 1. The van der Waals surface area contributed by atoms with Crippen LogP contribution in [-0.4, -0.2) is 49.6 Å². The lowest BCUT2D eigenvalue weighted by molar-refractivity contribution is -0.139. The van der Waals surface area contributed by atoms with Gasteiger partial charge < -0.3 is 24.2 Å². The predicted molar refractivity (Wildman–Crippen MR) is 137 cm³/mol. The summed E-state index contributed by atoms with van der Waals surface area (Å²) in [7, 11) is 4.56. The maximum atomic E-state index is 13.4. The van der Waals surface area contributed by atoms with Gasteiger partial charge >= 0.3 is 0 Å². The fourth-order valence-electron chi connectivity index (χ4n) is 4.38. The van der Waals surface area contributed by atoms with Crippen LogP contribution in [0.5, 0.6) is 17.2 Å². The van der Waals surface area contributed by atoms with E-state index in [0.717, 1.165) is 11.3 Å². The van der Waals surface area contributed by atoms with Gasteiger partial charge in [0.25, 0.3) is 11.7 Å². The van der Waals surface area contributed by atoms with Crippen LogP contribution in [0.1, 0.15) is 22.7 Å². The van der Waals surface area contributed by atoms with E-state index in [4.69, 9.17) is 25.8 Å². The molecule has 8 heteroatoms. The van der Waals surface area contributed by atoms with E-state index in [2.05, 4.69) is 0 Å². The van der Waals surface area contributed by atoms with E-state index in [0.29, 0.717) is 28.5 Å². The molecule has 1 fully saturated rings. The summed E-state index contributed by atoms with van der Waals surface area (Å²) in [5.41, 5.74) is 1.71. The molecule has 0 aliphatic carbocycles. The third kappa shape index (κ3) is 4.75. The van der Waals surface area contributed by atoms with E-state index in [-0.39, 0.29) is 23.4 Å². The second kappa shape index (κ2) is 10.7. The van der Waals surface area contributed by atoms with Gasteiger partial charge in [-0.1, -0.05) is 41.9 Å². The second-order valence-electron chi connectivity index (χ2n) is 8.18. The Morgan fingerprint density at radius 2 is 1.61 bits per heavy atom. The first-order valence-electron chi connectivity index (χ1n) is 11.3. The lowest BCUT2D eigenvalue weighted by Gasteiger charge is -2.26. The molecule has 186 valence electrons. The normalized spacial score (nSPS) is 16.8. The average molecular weight is 508 g/mol. The Bertz CT molecular complexity index is 1320. The van der Waals surface area contributed by atoms with Crippen LogP contribution in [0.2, 0.25) is 5.02 Å². The van der Waals surface area contributed by atoms with Gasteiger partial charge in [-0.15, -0.1) is 0 Å². The summed E-state index contributed by atoms with van der Waals surface area (Å²) in [6.45, 7) is 0.239. The molecule has 1 amide bonds. The molecule has 1 N–H and O–H groups in total. The van der Waals surface area contributed by atoms with Crippen molar-refractivity contribution in [1.82, 2.24) is 4.90 Å². The molecule has 0 radical (unpaired) electrons. The number of hydrogen-bond acceptors (Lipinski definition) is 6. The maximum absolute atomic E-state index is 13.4. The molecule has 1 heterocycles. The van der Waals surface area contributed by atoms with E-state index in [1.807, 2.05) is 24.3 Å². The van der Waals surface area contributed by atoms with Crippen molar-refractivity contribution in [1.29, 1.82) is 0 Å². The Morgan fingerprint density at radius 3 is 2.28 bits per heavy atom. The SMILES string of the molecule is COc1ccc(CCN2C(=O)C(=O)/C(=C(/O)c3cc(Cl)ccc3OC)C2c2ccccc2OC)cc1. The van der Waals surface area contributed by atoms with Crippen molar-refractivity contribution in [3.63, 3.8) is 0 Å². The number of likely N-dealkylation sites (tertiary alicyclic amines) is 1. The van der Waals surface area contributed by atoms with Gasteiger partial charge in [0.2, 0.25) is 0 Å². The molecule has 1 saturated heterocycles. The number of carbonyl (C=O) groups is 2. The van der Waals surface area contributed by atoms with E-state index in [1.54, 1.807) is 43.5 Å². The zero-order chi connectivity index (χ0) is 25.8. The maximum Gasteiger partial charge on any atom is 0.295 e. The molecule has 0 saturated carbocycles. The molecule has 3 aromatic carbocycles. The standard InChI is InChI=1S/C28H26ClNO6/c1-34-19-11-8-17(9-12-19)14-15-30-25(20-6-4-5-7-22(20)35-2)24(27(32)28(30)33)26(31)21-16-18(29)10-13-23(21)36-3/h4-13,16,25,31H,14-15H2,1-3H3/b26-24+. The van der Waals surface area contributed by atoms with Crippen LogP contribution in [0.3, 0.4) is 0 Å². The van der Waals surface area contributed by atoms with Crippen LogP contribution in [0.4, 0.5) is 0 Å². The number of Topliss-reactive ketones (excluding diaryl/α,β-unsaturated/α-hetero) is 1. The van der Waals surface area contributed by atoms with Crippen LogP contribution in [0, 0.1) is 0 Å². The minimum absolute atomic E-state index is 0.0557. The molecule has 1 atom stereocenters. The van der Waals surface area contributed by atoms with Crippen LogP contribution < -0.4 is 14.2 Å². The summed E-state index contributed by atoms with van der Waals surface area (Å²) < 4.78 is 16.1. The van der Waals surface area contributed by atoms with E-state index in [1.165, 1.54) is 25.2 Å². The molecule has 1 unspecified atom stereocenters. The fraction of sp³-hybridized carbons (Fsp3) is 0.214. The van der Waals surface area contributed by atoms with Crippen LogP contribution in [-0.2, 0) is 16.0 Å². The zero-order valence-electron chi connectivity index (χ0n) is 20.2. The number of aliphatic hydroxyl groups excluding tert-OH is 1. The molecular formula is C28H26ClNO6. The monoisotopic (exact) mass is 507 g/mol. The van der Waals surface area contributed by atoms with Gasteiger partial charge in [0.1, 0.15) is 23.0 Å². The summed E-state index contributed by atoms with van der Waals surface area (Å²) in [4.78, 5) is 28.1. The number of benzene rings is 3. The molecule has 7 nitrogen and oxygen atoms in total. The van der Waals surface area contributed by atoms with Gasteiger partial charge in [-0.25, -0.2) is 0 Å². The van der Waals surface area contributed by atoms with Crippen LogP contribution in [0.15, 0.2) is 72.3 Å². The highest BCUT2D eigenvalue weighted by Gasteiger charge is 2.47. The molecule has 36 heavy (non-hydrogen) atoms. The van der Waals surface area contributed by atoms with E-state index in [9.17, 15) is 14.7 Å². The number of halogens is 1.